The summed E-state index contributed by atoms with van der Waals surface area (Å²) >= 11 is 0. The zero-order valence-electron chi connectivity index (χ0n) is 12.7. The number of guanidine groups is 1. The molecule has 1 rings (SSSR count). The van der Waals surface area contributed by atoms with Crippen molar-refractivity contribution in [2.24, 2.45) is 4.99 Å². The normalized spacial score (nSPS) is 13.3. The van der Waals surface area contributed by atoms with E-state index in [0.29, 0.717) is 12.1 Å². The number of hydrogen-bond donors (Lipinski definition) is 2. The van der Waals surface area contributed by atoms with E-state index in [1.165, 1.54) is 13.1 Å². The zero-order chi connectivity index (χ0) is 16.8. The van der Waals surface area contributed by atoms with E-state index in [9.17, 15) is 22.0 Å². The van der Waals surface area contributed by atoms with Crippen molar-refractivity contribution < 1.29 is 22.0 Å². The lowest BCUT2D eigenvalue weighted by atomic mass is 10.0. The van der Waals surface area contributed by atoms with Crippen molar-refractivity contribution in [3.05, 3.63) is 35.4 Å². The fraction of sp³-hybridized carbons (Fsp3) is 0.500. The average Bonchev–Trinajstić information content (AvgIpc) is 2.44. The number of alkyl halides is 3. The van der Waals surface area contributed by atoms with Crippen LogP contribution in [-0.2, 0) is 0 Å². The van der Waals surface area contributed by atoms with E-state index in [1.54, 1.807) is 6.92 Å². The number of hydrogen-bond acceptors (Lipinski definition) is 1. The van der Waals surface area contributed by atoms with Crippen LogP contribution in [0.2, 0.25) is 0 Å². The van der Waals surface area contributed by atoms with E-state index in [1.807, 2.05) is 0 Å². The van der Waals surface area contributed by atoms with E-state index in [-0.39, 0.29) is 42.4 Å². The fourth-order valence-electron chi connectivity index (χ4n) is 1.73. The smallest absolute Gasteiger partial charge is 0.356 e. The summed E-state index contributed by atoms with van der Waals surface area (Å²) in [5.41, 5.74) is 0.581. The lowest BCUT2D eigenvalue weighted by molar-refractivity contribution is -0.132. The van der Waals surface area contributed by atoms with Crippen LogP contribution in [0.15, 0.2) is 23.2 Å². The van der Waals surface area contributed by atoms with Gasteiger partial charge in [-0.1, -0.05) is 13.0 Å². The van der Waals surface area contributed by atoms with E-state index < -0.39 is 24.2 Å². The third kappa shape index (κ3) is 8.33. The maximum absolute atomic E-state index is 13.1. The van der Waals surface area contributed by atoms with Crippen LogP contribution in [0.4, 0.5) is 22.0 Å². The molecule has 0 aliphatic rings. The summed E-state index contributed by atoms with van der Waals surface area (Å²) in [6.45, 7) is 1.81. The van der Waals surface area contributed by atoms with Crippen molar-refractivity contribution in [2.75, 3.05) is 20.1 Å². The maximum Gasteiger partial charge on any atom is 0.390 e. The molecular weight excluding hydrogens is 432 g/mol. The topological polar surface area (TPSA) is 36.4 Å². The summed E-state index contributed by atoms with van der Waals surface area (Å²) in [5, 5.41) is 5.38. The van der Waals surface area contributed by atoms with Crippen LogP contribution in [0.5, 0.6) is 0 Å². The van der Waals surface area contributed by atoms with Crippen molar-refractivity contribution >= 4 is 29.9 Å². The molecule has 0 aliphatic heterocycles. The molecule has 0 fully saturated rings. The van der Waals surface area contributed by atoms with Crippen LogP contribution in [0.1, 0.15) is 24.8 Å². The molecule has 1 aromatic carbocycles. The zero-order valence-corrected chi connectivity index (χ0v) is 15.0. The number of nitrogens with zero attached hydrogens (tertiary/aromatic N) is 1. The molecule has 0 saturated heterocycles. The third-order valence-electron chi connectivity index (χ3n) is 3.01. The lowest BCUT2D eigenvalue weighted by Crippen LogP contribution is -2.40. The molecule has 23 heavy (non-hydrogen) atoms. The Morgan fingerprint density at radius 2 is 1.83 bits per heavy atom. The van der Waals surface area contributed by atoms with Crippen molar-refractivity contribution in [3.63, 3.8) is 0 Å². The predicted octanol–water partition coefficient (Wildman–Crippen LogP) is 3.80. The van der Waals surface area contributed by atoms with Gasteiger partial charge in [0.25, 0.3) is 0 Å². The van der Waals surface area contributed by atoms with E-state index in [4.69, 9.17) is 0 Å². The van der Waals surface area contributed by atoms with Gasteiger partial charge in [-0.15, -0.1) is 24.0 Å². The second kappa shape index (κ2) is 9.89. The molecule has 9 heteroatoms. The monoisotopic (exact) mass is 451 g/mol. The van der Waals surface area contributed by atoms with Crippen LogP contribution in [-0.4, -0.2) is 32.3 Å². The summed E-state index contributed by atoms with van der Waals surface area (Å²) in [7, 11) is 1.44. The highest BCUT2D eigenvalue weighted by atomic mass is 127. The van der Waals surface area contributed by atoms with Gasteiger partial charge < -0.3 is 10.6 Å². The van der Waals surface area contributed by atoms with Crippen molar-refractivity contribution in [2.45, 2.75) is 25.4 Å². The highest BCUT2D eigenvalue weighted by Gasteiger charge is 2.26. The Morgan fingerprint density at radius 1 is 1.17 bits per heavy atom. The van der Waals surface area contributed by atoms with Gasteiger partial charge in [0.15, 0.2) is 17.6 Å². The Balaban J connectivity index is 0.00000484. The van der Waals surface area contributed by atoms with Crippen LogP contribution in [0, 0.1) is 11.6 Å². The first-order valence-electron chi connectivity index (χ1n) is 6.69. The molecule has 0 heterocycles. The van der Waals surface area contributed by atoms with Gasteiger partial charge in [-0.3, -0.25) is 4.99 Å². The maximum atomic E-state index is 13.1. The van der Waals surface area contributed by atoms with Crippen LogP contribution in [0.3, 0.4) is 0 Å². The van der Waals surface area contributed by atoms with Gasteiger partial charge in [0, 0.05) is 20.1 Å². The molecule has 0 aromatic heterocycles. The number of benzene rings is 1. The first kappa shape index (κ1) is 21.9. The molecule has 0 bridgehead atoms. The molecule has 1 unspecified atom stereocenters. The standard InChI is InChI=1S/C14H18F5N3.HI/c1-9(10-3-4-11(15)12(16)7-10)8-22-13(20-2)21-6-5-14(17,18)19;/h3-4,7,9H,5-6,8H2,1-2H3,(H2,20,21,22);1H. The first-order chi connectivity index (χ1) is 10.2. The Labute approximate surface area is 148 Å². The Kier molecular flexibility index (Phi) is 9.40. The summed E-state index contributed by atoms with van der Waals surface area (Å²) in [5.74, 6) is -1.81. The van der Waals surface area contributed by atoms with E-state index in [0.717, 1.165) is 12.1 Å². The molecule has 132 valence electrons. The highest BCUT2D eigenvalue weighted by Crippen LogP contribution is 2.18. The fourth-order valence-corrected chi connectivity index (χ4v) is 1.73. The number of nitrogens with one attached hydrogen (secondary N) is 2. The molecule has 0 amide bonds. The molecule has 0 saturated carbocycles. The van der Waals surface area contributed by atoms with Gasteiger partial charge in [-0.2, -0.15) is 13.2 Å². The van der Waals surface area contributed by atoms with Gasteiger partial charge >= 0.3 is 6.18 Å². The minimum Gasteiger partial charge on any atom is -0.356 e. The van der Waals surface area contributed by atoms with Crippen LogP contribution < -0.4 is 10.6 Å². The highest BCUT2D eigenvalue weighted by molar-refractivity contribution is 14.0. The van der Waals surface area contributed by atoms with Crippen LogP contribution >= 0.6 is 24.0 Å². The quantitative estimate of drug-likeness (QED) is 0.309. The van der Waals surface area contributed by atoms with Gasteiger partial charge in [-0.05, 0) is 23.6 Å². The minimum atomic E-state index is -4.23. The molecule has 0 spiro atoms. The van der Waals surface area contributed by atoms with Crippen molar-refractivity contribution in [1.29, 1.82) is 0 Å². The second-order valence-corrected chi connectivity index (χ2v) is 4.82. The number of aliphatic imine (C=N–C) groups is 1. The molecule has 0 aliphatic carbocycles. The average molecular weight is 451 g/mol. The SMILES string of the molecule is CN=C(NCCC(F)(F)F)NCC(C)c1ccc(F)c(F)c1.I. The molecule has 3 nitrogen and oxygen atoms in total. The Bertz CT molecular complexity index is 520. The molecule has 0 radical (unpaired) electrons. The van der Waals surface area contributed by atoms with Gasteiger partial charge in [0.05, 0.1) is 6.42 Å². The Hall–Kier alpha value is -1.13. The minimum absolute atomic E-state index is 0. The summed E-state index contributed by atoms with van der Waals surface area (Å²) < 4.78 is 62.1. The van der Waals surface area contributed by atoms with Gasteiger partial charge in [0.1, 0.15) is 0 Å². The second-order valence-electron chi connectivity index (χ2n) is 4.82. The van der Waals surface area contributed by atoms with Gasteiger partial charge in [-0.25, -0.2) is 8.78 Å². The van der Waals surface area contributed by atoms with Gasteiger partial charge in [0.2, 0.25) is 0 Å². The summed E-state index contributed by atoms with van der Waals surface area (Å²) in [6, 6.07) is 3.60. The molecule has 1 atom stereocenters. The lowest BCUT2D eigenvalue weighted by Gasteiger charge is -2.17. The third-order valence-corrected chi connectivity index (χ3v) is 3.01. The molecular formula is C14H19F5IN3. The Morgan fingerprint density at radius 3 is 2.35 bits per heavy atom. The van der Waals surface area contributed by atoms with Crippen LogP contribution in [0.25, 0.3) is 0 Å². The van der Waals surface area contributed by atoms with Crippen molar-refractivity contribution in [3.8, 4) is 0 Å². The largest absolute Gasteiger partial charge is 0.390 e. The number of halogens is 6. The summed E-state index contributed by atoms with van der Waals surface area (Å²) in [4.78, 5) is 3.80. The van der Waals surface area contributed by atoms with E-state index in [2.05, 4.69) is 15.6 Å². The molecule has 1 aromatic rings. The molecule has 2 N–H and O–H groups in total. The summed E-state index contributed by atoms with van der Waals surface area (Å²) in [6.07, 6.45) is -5.20. The number of rotatable bonds is 5. The first-order valence-corrected chi connectivity index (χ1v) is 6.69. The predicted molar refractivity (Wildman–Crippen MR) is 90.2 cm³/mol. The van der Waals surface area contributed by atoms with Crippen molar-refractivity contribution in [1.82, 2.24) is 10.6 Å². The van der Waals surface area contributed by atoms with E-state index >= 15 is 0 Å².